The lowest BCUT2D eigenvalue weighted by Crippen LogP contribution is -2.51. The standard InChI is InChI=1S/C16H30N4O2/c1-14(2)19-11-9-18(10-12-19)13-15(21)17-6-4-8-20-7-3-5-16(20)22/h14H,3-13H2,1-2H3,(H,17,21). The lowest BCUT2D eigenvalue weighted by atomic mass is 10.2. The fourth-order valence-corrected chi connectivity index (χ4v) is 3.14. The second kappa shape index (κ2) is 8.48. The van der Waals surface area contributed by atoms with Crippen molar-refractivity contribution in [2.24, 2.45) is 0 Å². The van der Waals surface area contributed by atoms with Crippen molar-refractivity contribution in [3.8, 4) is 0 Å². The zero-order valence-electron chi connectivity index (χ0n) is 14.0. The van der Waals surface area contributed by atoms with Crippen molar-refractivity contribution in [3.63, 3.8) is 0 Å². The lowest BCUT2D eigenvalue weighted by Gasteiger charge is -2.36. The first-order valence-corrected chi connectivity index (χ1v) is 8.57. The molecule has 0 spiro atoms. The van der Waals surface area contributed by atoms with E-state index in [9.17, 15) is 9.59 Å². The van der Waals surface area contributed by atoms with Crippen molar-refractivity contribution < 1.29 is 9.59 Å². The maximum atomic E-state index is 11.9. The molecule has 0 saturated carbocycles. The summed E-state index contributed by atoms with van der Waals surface area (Å²) in [4.78, 5) is 30.0. The van der Waals surface area contributed by atoms with Gasteiger partial charge in [-0.2, -0.15) is 0 Å². The first-order valence-electron chi connectivity index (χ1n) is 8.57. The molecular formula is C16H30N4O2. The summed E-state index contributed by atoms with van der Waals surface area (Å²) in [7, 11) is 0. The van der Waals surface area contributed by atoms with Gasteiger partial charge in [0.2, 0.25) is 11.8 Å². The van der Waals surface area contributed by atoms with Crippen LogP contribution in [0.25, 0.3) is 0 Å². The Hall–Kier alpha value is -1.14. The number of carbonyl (C=O) groups is 2. The van der Waals surface area contributed by atoms with Crippen molar-refractivity contribution in [1.29, 1.82) is 0 Å². The molecule has 22 heavy (non-hydrogen) atoms. The molecule has 2 rings (SSSR count). The van der Waals surface area contributed by atoms with Gasteiger partial charge in [0, 0.05) is 58.3 Å². The number of carbonyl (C=O) groups excluding carboxylic acids is 2. The van der Waals surface area contributed by atoms with Crippen molar-refractivity contribution >= 4 is 11.8 Å². The molecule has 0 radical (unpaired) electrons. The van der Waals surface area contributed by atoms with Gasteiger partial charge in [0.15, 0.2) is 0 Å². The second-order valence-electron chi connectivity index (χ2n) is 6.59. The highest BCUT2D eigenvalue weighted by atomic mass is 16.2. The van der Waals surface area contributed by atoms with Crippen molar-refractivity contribution in [1.82, 2.24) is 20.0 Å². The minimum absolute atomic E-state index is 0.103. The summed E-state index contributed by atoms with van der Waals surface area (Å²) in [5.41, 5.74) is 0. The van der Waals surface area contributed by atoms with E-state index in [1.54, 1.807) is 0 Å². The van der Waals surface area contributed by atoms with Crippen LogP contribution in [-0.2, 0) is 9.59 Å². The van der Waals surface area contributed by atoms with Gasteiger partial charge in [-0.15, -0.1) is 0 Å². The molecule has 0 aliphatic carbocycles. The molecular weight excluding hydrogens is 280 g/mol. The third kappa shape index (κ3) is 5.25. The largest absolute Gasteiger partial charge is 0.355 e. The van der Waals surface area contributed by atoms with E-state index in [2.05, 4.69) is 29.0 Å². The molecule has 1 N–H and O–H groups in total. The molecule has 0 aromatic heterocycles. The highest BCUT2D eigenvalue weighted by Crippen LogP contribution is 2.09. The van der Waals surface area contributed by atoms with Crippen LogP contribution in [0.1, 0.15) is 33.1 Å². The summed E-state index contributed by atoms with van der Waals surface area (Å²) < 4.78 is 0. The monoisotopic (exact) mass is 310 g/mol. The summed E-state index contributed by atoms with van der Waals surface area (Å²) in [5, 5.41) is 2.97. The van der Waals surface area contributed by atoms with Gasteiger partial charge < -0.3 is 10.2 Å². The molecule has 2 fully saturated rings. The molecule has 0 aromatic rings. The SMILES string of the molecule is CC(C)N1CCN(CC(=O)NCCCN2CCCC2=O)CC1. The van der Waals surface area contributed by atoms with E-state index in [4.69, 9.17) is 0 Å². The Labute approximate surface area is 133 Å². The molecule has 0 bridgehead atoms. The van der Waals surface area contributed by atoms with Crippen molar-refractivity contribution in [2.75, 3.05) is 52.4 Å². The number of rotatable bonds is 7. The van der Waals surface area contributed by atoms with E-state index in [0.717, 1.165) is 52.1 Å². The van der Waals surface area contributed by atoms with Crippen molar-refractivity contribution in [3.05, 3.63) is 0 Å². The van der Waals surface area contributed by atoms with Gasteiger partial charge in [0.1, 0.15) is 0 Å². The van der Waals surface area contributed by atoms with Crippen LogP contribution in [0.3, 0.4) is 0 Å². The van der Waals surface area contributed by atoms with Gasteiger partial charge in [0.25, 0.3) is 0 Å². The maximum Gasteiger partial charge on any atom is 0.234 e. The summed E-state index contributed by atoms with van der Waals surface area (Å²) in [6.07, 6.45) is 2.51. The number of hydrogen-bond acceptors (Lipinski definition) is 4. The fourth-order valence-electron chi connectivity index (χ4n) is 3.14. The maximum absolute atomic E-state index is 11.9. The normalized spacial score (nSPS) is 20.9. The van der Waals surface area contributed by atoms with Gasteiger partial charge in [-0.1, -0.05) is 0 Å². The molecule has 6 nitrogen and oxygen atoms in total. The number of piperazine rings is 1. The van der Waals surface area contributed by atoms with Crippen LogP contribution in [0.2, 0.25) is 0 Å². The third-order valence-corrected chi connectivity index (χ3v) is 4.60. The van der Waals surface area contributed by atoms with E-state index >= 15 is 0 Å². The quantitative estimate of drug-likeness (QED) is 0.680. The summed E-state index contributed by atoms with van der Waals surface area (Å²) >= 11 is 0. The number of nitrogens with one attached hydrogen (secondary N) is 1. The minimum Gasteiger partial charge on any atom is -0.355 e. The minimum atomic E-state index is 0.103. The average molecular weight is 310 g/mol. The highest BCUT2D eigenvalue weighted by Gasteiger charge is 2.21. The first kappa shape index (κ1) is 17.2. The number of amides is 2. The molecule has 0 aromatic carbocycles. The van der Waals surface area contributed by atoms with Gasteiger partial charge >= 0.3 is 0 Å². The Kier molecular flexibility index (Phi) is 6.64. The Morgan fingerprint density at radius 1 is 1.18 bits per heavy atom. The van der Waals surface area contributed by atoms with Crippen molar-refractivity contribution in [2.45, 2.75) is 39.2 Å². The number of likely N-dealkylation sites (tertiary alicyclic amines) is 1. The van der Waals surface area contributed by atoms with Gasteiger partial charge in [-0.05, 0) is 26.7 Å². The van der Waals surface area contributed by atoms with E-state index in [-0.39, 0.29) is 11.8 Å². The fraction of sp³-hybridized carbons (Fsp3) is 0.875. The first-order chi connectivity index (χ1) is 10.6. The summed E-state index contributed by atoms with van der Waals surface area (Å²) in [6.45, 7) is 11.3. The van der Waals surface area contributed by atoms with Gasteiger partial charge in [0.05, 0.1) is 6.54 Å². The van der Waals surface area contributed by atoms with Crippen LogP contribution < -0.4 is 5.32 Å². The topological polar surface area (TPSA) is 55.9 Å². The summed E-state index contributed by atoms with van der Waals surface area (Å²) in [5.74, 6) is 0.361. The van der Waals surface area contributed by atoms with E-state index in [1.807, 2.05) is 4.90 Å². The predicted molar refractivity (Wildman–Crippen MR) is 86.6 cm³/mol. The predicted octanol–water partition coefficient (Wildman–Crippen LogP) is 0.141. The Bertz CT molecular complexity index is 378. The third-order valence-electron chi connectivity index (χ3n) is 4.60. The molecule has 2 aliphatic heterocycles. The van der Waals surface area contributed by atoms with Gasteiger partial charge in [-0.25, -0.2) is 0 Å². The molecule has 2 saturated heterocycles. The van der Waals surface area contributed by atoms with Crippen LogP contribution in [-0.4, -0.2) is 84.9 Å². The van der Waals surface area contributed by atoms with E-state index in [1.165, 1.54) is 0 Å². The Morgan fingerprint density at radius 2 is 1.91 bits per heavy atom. The molecule has 2 aliphatic rings. The zero-order chi connectivity index (χ0) is 15.9. The van der Waals surface area contributed by atoms with Crippen LogP contribution in [0, 0.1) is 0 Å². The lowest BCUT2D eigenvalue weighted by molar-refractivity contribution is -0.127. The van der Waals surface area contributed by atoms with E-state index in [0.29, 0.717) is 25.6 Å². The van der Waals surface area contributed by atoms with Crippen LogP contribution in [0.4, 0.5) is 0 Å². The highest BCUT2D eigenvalue weighted by molar-refractivity contribution is 5.78. The smallest absolute Gasteiger partial charge is 0.234 e. The summed E-state index contributed by atoms with van der Waals surface area (Å²) in [6, 6.07) is 0.587. The molecule has 2 heterocycles. The number of nitrogens with zero attached hydrogens (tertiary/aromatic N) is 3. The van der Waals surface area contributed by atoms with Crippen LogP contribution >= 0.6 is 0 Å². The molecule has 126 valence electrons. The zero-order valence-corrected chi connectivity index (χ0v) is 14.0. The number of hydrogen-bond donors (Lipinski definition) is 1. The average Bonchev–Trinajstić information content (AvgIpc) is 2.89. The van der Waals surface area contributed by atoms with Crippen LogP contribution in [0.5, 0.6) is 0 Å². The van der Waals surface area contributed by atoms with Crippen LogP contribution in [0.15, 0.2) is 0 Å². The Balaban J connectivity index is 1.54. The second-order valence-corrected chi connectivity index (χ2v) is 6.59. The molecule has 2 amide bonds. The molecule has 6 heteroatoms. The molecule has 0 atom stereocenters. The van der Waals surface area contributed by atoms with E-state index < -0.39 is 0 Å². The Morgan fingerprint density at radius 3 is 2.50 bits per heavy atom. The van der Waals surface area contributed by atoms with Gasteiger partial charge in [-0.3, -0.25) is 19.4 Å². The molecule has 0 unspecified atom stereocenters.